The third-order valence-corrected chi connectivity index (χ3v) is 5.72. The highest BCUT2D eigenvalue weighted by molar-refractivity contribution is 6.20. The van der Waals surface area contributed by atoms with Crippen LogP contribution in [0, 0.1) is 0 Å². The molecular formula is C23H51Cl3N2. The van der Waals surface area contributed by atoms with Crippen molar-refractivity contribution in [2.45, 2.75) is 122 Å². The van der Waals surface area contributed by atoms with Crippen LogP contribution in [0.2, 0.25) is 0 Å². The Morgan fingerprint density at radius 1 is 0.571 bits per heavy atom. The monoisotopic (exact) mass is 460 g/mol. The number of hydrogen-bond acceptors (Lipinski definition) is 2. The van der Waals surface area contributed by atoms with Gasteiger partial charge in [-0.15, -0.1) is 36.4 Å². The Labute approximate surface area is 195 Å². The van der Waals surface area contributed by atoms with Gasteiger partial charge in [-0.2, -0.15) is 0 Å². The van der Waals surface area contributed by atoms with E-state index in [1.54, 1.807) is 0 Å². The van der Waals surface area contributed by atoms with E-state index in [-0.39, 0.29) is 24.8 Å². The van der Waals surface area contributed by atoms with E-state index >= 15 is 0 Å². The van der Waals surface area contributed by atoms with Crippen molar-refractivity contribution in [3.63, 3.8) is 0 Å². The summed E-state index contributed by atoms with van der Waals surface area (Å²) in [6, 6.07) is 0. The predicted molar refractivity (Wildman–Crippen MR) is 135 cm³/mol. The summed E-state index contributed by atoms with van der Waals surface area (Å²) in [6.45, 7) is 6.68. The van der Waals surface area contributed by atoms with Gasteiger partial charge in [-0.1, -0.05) is 90.4 Å². The zero-order valence-corrected chi connectivity index (χ0v) is 21.8. The average Bonchev–Trinajstić information content (AvgIpc) is 2.61. The predicted octanol–water partition coefficient (Wildman–Crippen LogP) is 8.50. The van der Waals surface area contributed by atoms with Gasteiger partial charge in [0.15, 0.2) is 0 Å². The quantitative estimate of drug-likeness (QED) is 0.102. The van der Waals surface area contributed by atoms with Gasteiger partial charge in [-0.05, 0) is 26.2 Å². The molecule has 174 valence electrons. The van der Waals surface area contributed by atoms with Crippen molar-refractivity contribution in [1.82, 2.24) is 10.0 Å². The van der Waals surface area contributed by atoms with Crippen molar-refractivity contribution in [3.05, 3.63) is 0 Å². The van der Waals surface area contributed by atoms with E-state index in [9.17, 15) is 0 Å². The zero-order chi connectivity index (χ0) is 19.5. The Hall–Kier alpha value is 0.790. The molecule has 0 aromatic carbocycles. The lowest BCUT2D eigenvalue weighted by Crippen LogP contribution is -2.38. The van der Waals surface area contributed by atoms with E-state index in [0.29, 0.717) is 5.38 Å². The lowest BCUT2D eigenvalue weighted by molar-refractivity contribution is 0.0242. The summed E-state index contributed by atoms with van der Waals surface area (Å²) in [5.41, 5.74) is 0. The second kappa shape index (κ2) is 25.8. The first kappa shape index (κ1) is 33.4. The fourth-order valence-corrected chi connectivity index (χ4v) is 3.63. The fraction of sp³-hybridized carbons (Fsp3) is 1.00. The summed E-state index contributed by atoms with van der Waals surface area (Å²) in [7, 11) is 4.41. The van der Waals surface area contributed by atoms with Gasteiger partial charge >= 0.3 is 0 Å². The molecule has 0 aromatic heterocycles. The van der Waals surface area contributed by atoms with Gasteiger partial charge in [-0.25, -0.2) is 10.0 Å². The standard InChI is InChI=1S/C23H49ClN2.2ClH/c1-5-6-7-8-9-10-11-12-13-14-15-16-17-18-21-25(3)26(4)22-19-20-23(2)24;;/h23H,5-22H2,1-4H3;2*1H. The Bertz CT molecular complexity index is 279. The van der Waals surface area contributed by atoms with E-state index < -0.39 is 0 Å². The maximum Gasteiger partial charge on any atom is 0.0308 e. The molecule has 0 aliphatic heterocycles. The van der Waals surface area contributed by atoms with Crippen LogP contribution in [0.15, 0.2) is 0 Å². The molecule has 0 bridgehead atoms. The number of rotatable bonds is 20. The van der Waals surface area contributed by atoms with E-state index in [0.717, 1.165) is 13.0 Å². The Morgan fingerprint density at radius 3 is 1.25 bits per heavy atom. The topological polar surface area (TPSA) is 6.48 Å². The number of halogens is 3. The van der Waals surface area contributed by atoms with Crippen LogP contribution >= 0.6 is 36.4 Å². The first-order valence-corrected chi connectivity index (χ1v) is 12.1. The fourth-order valence-electron chi connectivity index (χ4n) is 3.48. The van der Waals surface area contributed by atoms with E-state index in [2.05, 4.69) is 38.0 Å². The second-order valence-electron chi connectivity index (χ2n) is 8.28. The van der Waals surface area contributed by atoms with Crippen LogP contribution in [0.5, 0.6) is 0 Å². The van der Waals surface area contributed by atoms with Gasteiger partial charge in [0, 0.05) is 32.6 Å². The number of hydrogen-bond donors (Lipinski definition) is 0. The molecule has 1 atom stereocenters. The summed E-state index contributed by atoms with van der Waals surface area (Å²) in [5.74, 6) is 0. The highest BCUT2D eigenvalue weighted by atomic mass is 35.5. The maximum absolute atomic E-state index is 6.01. The van der Waals surface area contributed by atoms with Crippen LogP contribution in [0.25, 0.3) is 0 Å². The second-order valence-corrected chi connectivity index (χ2v) is 9.03. The number of nitrogens with zero attached hydrogens (tertiary/aromatic N) is 2. The zero-order valence-electron chi connectivity index (χ0n) is 19.4. The third kappa shape index (κ3) is 24.8. The SMILES string of the molecule is CCCCCCCCCCCCCCCCN(C)N(C)CCCC(C)Cl.Cl.Cl. The van der Waals surface area contributed by atoms with Crippen LogP contribution in [0.1, 0.15) is 117 Å². The lowest BCUT2D eigenvalue weighted by atomic mass is 10.0. The highest BCUT2D eigenvalue weighted by Gasteiger charge is 2.06. The van der Waals surface area contributed by atoms with Crippen LogP contribution in [-0.2, 0) is 0 Å². The normalized spacial score (nSPS) is 12.1. The van der Waals surface area contributed by atoms with Gasteiger partial charge in [0.1, 0.15) is 0 Å². The largest absolute Gasteiger partial charge is 0.245 e. The molecule has 0 N–H and O–H groups in total. The molecule has 5 heteroatoms. The molecule has 0 amide bonds. The summed E-state index contributed by atoms with van der Waals surface area (Å²) in [4.78, 5) is 0. The number of unbranched alkanes of at least 4 members (excludes halogenated alkanes) is 13. The minimum atomic E-state index is 0. The van der Waals surface area contributed by atoms with Crippen LogP contribution in [-0.4, -0.2) is 42.6 Å². The lowest BCUT2D eigenvalue weighted by Gasteiger charge is -2.28. The molecule has 0 heterocycles. The van der Waals surface area contributed by atoms with Crippen LogP contribution in [0.4, 0.5) is 0 Å². The van der Waals surface area contributed by atoms with Crippen molar-refractivity contribution in [2.24, 2.45) is 0 Å². The molecule has 1 unspecified atom stereocenters. The first-order chi connectivity index (χ1) is 12.6. The summed E-state index contributed by atoms with van der Waals surface area (Å²) < 4.78 is 0. The average molecular weight is 462 g/mol. The van der Waals surface area contributed by atoms with E-state index in [4.69, 9.17) is 11.6 Å². The number of hydrazine groups is 1. The molecular weight excluding hydrogens is 411 g/mol. The molecule has 0 aromatic rings. The van der Waals surface area contributed by atoms with Gasteiger partial charge in [0.05, 0.1) is 0 Å². The minimum Gasteiger partial charge on any atom is -0.245 e. The van der Waals surface area contributed by atoms with Gasteiger partial charge in [0.2, 0.25) is 0 Å². The minimum absolute atomic E-state index is 0. The van der Waals surface area contributed by atoms with Crippen molar-refractivity contribution < 1.29 is 0 Å². The number of alkyl halides is 1. The molecule has 0 aliphatic rings. The molecule has 0 aliphatic carbocycles. The molecule has 0 saturated carbocycles. The third-order valence-electron chi connectivity index (χ3n) is 5.50. The summed E-state index contributed by atoms with van der Waals surface area (Å²) in [6.07, 6.45) is 22.3. The van der Waals surface area contributed by atoms with Crippen molar-refractivity contribution in [2.75, 3.05) is 27.2 Å². The Morgan fingerprint density at radius 2 is 0.893 bits per heavy atom. The Kier molecular flexibility index (Phi) is 30.8. The van der Waals surface area contributed by atoms with Gasteiger partial charge < -0.3 is 0 Å². The van der Waals surface area contributed by atoms with Gasteiger partial charge in [0.25, 0.3) is 0 Å². The van der Waals surface area contributed by atoms with Gasteiger partial charge in [-0.3, -0.25) is 0 Å². The molecule has 0 saturated heterocycles. The van der Waals surface area contributed by atoms with E-state index in [1.807, 2.05) is 0 Å². The van der Waals surface area contributed by atoms with Crippen molar-refractivity contribution in [3.8, 4) is 0 Å². The smallest absolute Gasteiger partial charge is 0.0308 e. The molecule has 0 spiro atoms. The first-order valence-electron chi connectivity index (χ1n) is 11.6. The molecule has 0 rings (SSSR count). The highest BCUT2D eigenvalue weighted by Crippen LogP contribution is 2.13. The van der Waals surface area contributed by atoms with Crippen molar-refractivity contribution in [1.29, 1.82) is 0 Å². The van der Waals surface area contributed by atoms with E-state index in [1.165, 1.54) is 103 Å². The molecule has 0 radical (unpaired) electrons. The Balaban J connectivity index is -0.00000312. The maximum atomic E-state index is 6.01. The summed E-state index contributed by atoms with van der Waals surface area (Å²) in [5, 5.41) is 5.03. The summed E-state index contributed by atoms with van der Waals surface area (Å²) >= 11 is 6.01. The molecule has 0 fully saturated rings. The van der Waals surface area contributed by atoms with Crippen LogP contribution < -0.4 is 0 Å². The molecule has 2 nitrogen and oxygen atoms in total. The van der Waals surface area contributed by atoms with Crippen LogP contribution in [0.3, 0.4) is 0 Å². The molecule has 28 heavy (non-hydrogen) atoms. The van der Waals surface area contributed by atoms with Crippen molar-refractivity contribution >= 4 is 36.4 Å².